The maximum atomic E-state index is 12.8. The van der Waals surface area contributed by atoms with Crippen LogP contribution in [0, 0.1) is 16.0 Å². The average Bonchev–Trinajstić information content (AvgIpc) is 3.27. The van der Waals surface area contributed by atoms with Crippen LogP contribution in [-0.2, 0) is 11.3 Å². The van der Waals surface area contributed by atoms with E-state index in [2.05, 4.69) is 20.8 Å². The van der Waals surface area contributed by atoms with Crippen LogP contribution in [0.3, 0.4) is 0 Å². The largest absolute Gasteiger partial charge is 0.350 e. The fraction of sp³-hybridized carbons (Fsp3) is 0.529. The smallest absolute Gasteiger partial charge is 0.307 e. The van der Waals surface area contributed by atoms with E-state index in [1.54, 1.807) is 17.8 Å². The molecular weight excluding hydrogens is 366 g/mol. The van der Waals surface area contributed by atoms with Gasteiger partial charge >= 0.3 is 5.69 Å². The van der Waals surface area contributed by atoms with E-state index in [-0.39, 0.29) is 28.9 Å². The first-order valence-corrected chi connectivity index (χ1v) is 9.11. The van der Waals surface area contributed by atoms with Crippen molar-refractivity contribution < 1.29 is 14.5 Å². The summed E-state index contributed by atoms with van der Waals surface area (Å²) in [6.45, 7) is 8.60. The van der Waals surface area contributed by atoms with Crippen LogP contribution >= 0.6 is 0 Å². The Morgan fingerprint density at radius 1 is 1.29 bits per heavy atom. The van der Waals surface area contributed by atoms with Gasteiger partial charge in [-0.25, -0.2) is 0 Å². The summed E-state index contributed by atoms with van der Waals surface area (Å²) in [7, 11) is 0. The number of rotatable bonds is 9. The molecule has 0 aromatic carbocycles. The molecule has 1 atom stereocenters. The number of aryl methyl sites for hydroxylation is 1. The first-order valence-electron chi connectivity index (χ1n) is 9.11. The Balaban J connectivity index is 2.22. The highest BCUT2D eigenvalue weighted by Crippen LogP contribution is 2.20. The minimum Gasteiger partial charge on any atom is -0.350 e. The molecule has 2 heterocycles. The number of nitrogens with zero attached hydrogens (tertiary/aromatic N) is 5. The number of hydrogen-bond acceptors (Lipinski definition) is 6. The highest BCUT2D eigenvalue weighted by molar-refractivity contribution is 6.03. The Morgan fingerprint density at radius 3 is 2.54 bits per heavy atom. The Hall–Kier alpha value is -3.24. The van der Waals surface area contributed by atoms with Crippen LogP contribution in [0.15, 0.2) is 18.6 Å². The Labute approximate surface area is 162 Å². The SMILES string of the molecule is CCC(C(=O)Nc1cn(CC)nc1C(=O)NCC(C)C)n1cc([N+](=O)[O-])cn1. The molecule has 0 bridgehead atoms. The lowest BCUT2D eigenvalue weighted by Gasteiger charge is -2.15. The molecule has 0 saturated heterocycles. The summed E-state index contributed by atoms with van der Waals surface area (Å²) in [6.07, 6.45) is 4.25. The number of anilines is 1. The number of aromatic nitrogens is 4. The molecule has 2 rings (SSSR count). The summed E-state index contributed by atoms with van der Waals surface area (Å²) >= 11 is 0. The summed E-state index contributed by atoms with van der Waals surface area (Å²) in [5, 5.41) is 24.5. The van der Waals surface area contributed by atoms with Crippen LogP contribution in [0.2, 0.25) is 0 Å². The molecule has 0 aliphatic carbocycles. The molecule has 0 aliphatic rings. The van der Waals surface area contributed by atoms with Gasteiger partial charge in [0, 0.05) is 19.3 Å². The van der Waals surface area contributed by atoms with Crippen LogP contribution in [0.4, 0.5) is 11.4 Å². The van der Waals surface area contributed by atoms with Gasteiger partial charge in [-0.15, -0.1) is 0 Å². The third-order valence-electron chi connectivity index (χ3n) is 4.04. The Morgan fingerprint density at radius 2 is 2.00 bits per heavy atom. The zero-order chi connectivity index (χ0) is 20.8. The van der Waals surface area contributed by atoms with Gasteiger partial charge in [-0.05, 0) is 19.3 Å². The summed E-state index contributed by atoms with van der Waals surface area (Å²) < 4.78 is 2.80. The van der Waals surface area contributed by atoms with Crippen molar-refractivity contribution in [2.24, 2.45) is 5.92 Å². The van der Waals surface area contributed by atoms with Gasteiger partial charge < -0.3 is 10.6 Å². The molecule has 11 nitrogen and oxygen atoms in total. The molecule has 2 aromatic rings. The van der Waals surface area contributed by atoms with E-state index in [0.29, 0.717) is 19.5 Å². The number of carbonyl (C=O) groups excluding carboxylic acids is 2. The van der Waals surface area contributed by atoms with E-state index >= 15 is 0 Å². The fourth-order valence-corrected chi connectivity index (χ4v) is 2.52. The van der Waals surface area contributed by atoms with Crippen molar-refractivity contribution in [3.8, 4) is 0 Å². The number of nitro groups is 1. The summed E-state index contributed by atoms with van der Waals surface area (Å²) in [5.74, 6) is -0.539. The molecule has 2 aromatic heterocycles. The lowest BCUT2D eigenvalue weighted by Crippen LogP contribution is -2.30. The first kappa shape index (κ1) is 21.1. The molecule has 0 aliphatic heterocycles. The van der Waals surface area contributed by atoms with Crippen LogP contribution in [-0.4, -0.2) is 42.8 Å². The third kappa shape index (κ3) is 4.93. The highest BCUT2D eigenvalue weighted by atomic mass is 16.6. The zero-order valence-corrected chi connectivity index (χ0v) is 16.4. The van der Waals surface area contributed by atoms with E-state index < -0.39 is 16.9 Å². The zero-order valence-electron chi connectivity index (χ0n) is 16.4. The molecule has 152 valence electrons. The molecule has 2 N–H and O–H groups in total. The quantitative estimate of drug-likeness (QED) is 0.495. The maximum absolute atomic E-state index is 12.8. The molecule has 1 unspecified atom stereocenters. The van der Waals surface area contributed by atoms with Crippen molar-refractivity contribution in [2.75, 3.05) is 11.9 Å². The van der Waals surface area contributed by atoms with Crippen molar-refractivity contribution in [1.82, 2.24) is 24.9 Å². The van der Waals surface area contributed by atoms with Gasteiger partial charge in [-0.3, -0.25) is 29.1 Å². The molecule has 28 heavy (non-hydrogen) atoms. The number of amides is 2. The van der Waals surface area contributed by atoms with Gasteiger partial charge in [0.05, 0.1) is 10.6 Å². The molecule has 11 heteroatoms. The highest BCUT2D eigenvalue weighted by Gasteiger charge is 2.25. The van der Waals surface area contributed by atoms with Gasteiger partial charge in [-0.2, -0.15) is 10.2 Å². The van der Waals surface area contributed by atoms with E-state index in [0.717, 1.165) is 6.20 Å². The first-order chi connectivity index (χ1) is 13.3. The van der Waals surface area contributed by atoms with E-state index in [9.17, 15) is 19.7 Å². The second-order valence-electron chi connectivity index (χ2n) is 6.70. The van der Waals surface area contributed by atoms with Gasteiger partial charge in [0.15, 0.2) is 5.69 Å². The normalized spacial score (nSPS) is 12.0. The van der Waals surface area contributed by atoms with E-state index in [1.165, 1.54) is 10.9 Å². The number of carbonyl (C=O) groups is 2. The van der Waals surface area contributed by atoms with Crippen LogP contribution < -0.4 is 10.6 Å². The predicted octanol–water partition coefficient (Wildman–Crippen LogP) is 1.98. The van der Waals surface area contributed by atoms with Gasteiger partial charge in [0.2, 0.25) is 5.91 Å². The van der Waals surface area contributed by atoms with Crippen molar-refractivity contribution in [2.45, 2.75) is 46.7 Å². The molecule has 0 saturated carbocycles. The lowest BCUT2D eigenvalue weighted by molar-refractivity contribution is -0.385. The summed E-state index contributed by atoms with van der Waals surface area (Å²) in [4.78, 5) is 35.5. The van der Waals surface area contributed by atoms with Crippen molar-refractivity contribution in [3.05, 3.63) is 34.4 Å². The van der Waals surface area contributed by atoms with Gasteiger partial charge in [-0.1, -0.05) is 20.8 Å². The van der Waals surface area contributed by atoms with Crippen LogP contribution in [0.1, 0.15) is 50.6 Å². The summed E-state index contributed by atoms with van der Waals surface area (Å²) in [5.41, 5.74) is 0.212. The van der Waals surface area contributed by atoms with Crippen molar-refractivity contribution in [3.63, 3.8) is 0 Å². The Kier molecular flexibility index (Phi) is 6.85. The molecule has 2 amide bonds. The van der Waals surface area contributed by atoms with Crippen LogP contribution in [0.5, 0.6) is 0 Å². The number of nitrogens with one attached hydrogen (secondary N) is 2. The fourth-order valence-electron chi connectivity index (χ4n) is 2.52. The molecule has 0 fully saturated rings. The average molecular weight is 391 g/mol. The second-order valence-corrected chi connectivity index (χ2v) is 6.70. The topological polar surface area (TPSA) is 137 Å². The monoisotopic (exact) mass is 391 g/mol. The van der Waals surface area contributed by atoms with Gasteiger partial charge in [0.25, 0.3) is 5.91 Å². The standard InChI is InChI=1S/C17H25N7O4/c1-5-14(23-9-12(8-19-23)24(27)28)16(25)20-13-10-22(6-2)21-15(13)17(26)18-7-11(3)4/h8-11,14H,5-7H2,1-4H3,(H,18,26)(H,20,25). The third-order valence-corrected chi connectivity index (χ3v) is 4.04. The molecular formula is C17H25N7O4. The molecule has 0 radical (unpaired) electrons. The van der Waals surface area contributed by atoms with Crippen molar-refractivity contribution >= 4 is 23.2 Å². The summed E-state index contributed by atoms with van der Waals surface area (Å²) in [6, 6.07) is -0.759. The number of hydrogen-bond donors (Lipinski definition) is 2. The van der Waals surface area contributed by atoms with E-state index in [1.807, 2.05) is 20.8 Å². The minimum atomic E-state index is -0.759. The Bertz CT molecular complexity index is 856. The molecule has 0 spiro atoms. The van der Waals surface area contributed by atoms with Crippen LogP contribution in [0.25, 0.3) is 0 Å². The minimum absolute atomic E-state index is 0.122. The second kappa shape index (κ2) is 9.11. The van der Waals surface area contributed by atoms with E-state index in [4.69, 9.17) is 0 Å². The lowest BCUT2D eigenvalue weighted by atomic mass is 10.2. The van der Waals surface area contributed by atoms with Gasteiger partial charge in [0.1, 0.15) is 18.4 Å². The van der Waals surface area contributed by atoms with Crippen molar-refractivity contribution in [1.29, 1.82) is 0 Å². The maximum Gasteiger partial charge on any atom is 0.307 e. The predicted molar refractivity (Wildman–Crippen MR) is 102 cm³/mol.